The van der Waals surface area contributed by atoms with Crippen molar-refractivity contribution in [2.75, 3.05) is 44.0 Å². The average molecular weight is 510 g/mol. The Kier molecular flexibility index (Phi) is 7.34. The van der Waals surface area contributed by atoms with Gasteiger partial charge in [0.1, 0.15) is 5.00 Å². The Morgan fingerprint density at radius 1 is 1.21 bits per heavy atom. The fourth-order valence-corrected chi connectivity index (χ4v) is 7.16. The van der Waals surface area contributed by atoms with E-state index in [1.165, 1.54) is 27.6 Å². The highest BCUT2D eigenvalue weighted by molar-refractivity contribution is 7.89. The van der Waals surface area contributed by atoms with Gasteiger partial charge in [-0.3, -0.25) is 0 Å². The number of morpholine rings is 1. The first kappa shape index (κ1) is 24.1. The summed E-state index contributed by atoms with van der Waals surface area (Å²) in [5.74, 6) is 0.205. The summed E-state index contributed by atoms with van der Waals surface area (Å²) in [6.45, 7) is 3.71. The Bertz CT molecular complexity index is 1140. The first-order chi connectivity index (χ1) is 15.8. The normalized spacial score (nSPS) is 18.9. The molecule has 1 aliphatic heterocycles. The standard InChI is InChI=1S/C22H27N3O5S3/c1-14-3-8-17-18(13-14)32-20(19(17)21(26)29-2)24-22(31)23-15-4-6-16(7-5-15)33(27,28)25-9-11-30-12-10-25/h4-7,14H,3,8-13H2,1-2H3,(H2,23,24,31). The number of hydrogen-bond acceptors (Lipinski definition) is 7. The predicted octanol–water partition coefficient (Wildman–Crippen LogP) is 3.49. The molecule has 178 valence electrons. The first-order valence-electron chi connectivity index (χ1n) is 10.8. The summed E-state index contributed by atoms with van der Waals surface area (Å²) in [6.07, 6.45) is 2.82. The molecule has 2 N–H and O–H groups in total. The Morgan fingerprint density at radius 2 is 1.91 bits per heavy atom. The molecule has 0 radical (unpaired) electrons. The van der Waals surface area contributed by atoms with E-state index >= 15 is 0 Å². The van der Waals surface area contributed by atoms with Crippen molar-refractivity contribution >= 4 is 55.3 Å². The van der Waals surface area contributed by atoms with E-state index in [0.717, 1.165) is 24.8 Å². The van der Waals surface area contributed by atoms with Crippen LogP contribution in [-0.2, 0) is 32.3 Å². The van der Waals surface area contributed by atoms with Crippen molar-refractivity contribution in [1.29, 1.82) is 0 Å². The van der Waals surface area contributed by atoms with Crippen LogP contribution in [0.25, 0.3) is 0 Å². The van der Waals surface area contributed by atoms with Crippen LogP contribution in [0.1, 0.15) is 34.1 Å². The number of rotatable bonds is 5. The van der Waals surface area contributed by atoms with E-state index in [2.05, 4.69) is 17.6 Å². The third-order valence-electron chi connectivity index (χ3n) is 5.85. The Labute approximate surface area is 203 Å². The molecule has 0 bridgehead atoms. The SMILES string of the molecule is COC(=O)c1c(NC(=S)Nc2ccc(S(=O)(=O)N3CCOCC3)cc2)sc2c1CCC(C)C2. The second kappa shape index (κ2) is 10.1. The number of thiocarbonyl (C=S) groups is 1. The molecule has 4 rings (SSSR count). The summed E-state index contributed by atoms with van der Waals surface area (Å²) < 4.78 is 37.2. The fraction of sp³-hybridized carbons (Fsp3) is 0.455. The third kappa shape index (κ3) is 5.22. The number of nitrogens with zero attached hydrogens (tertiary/aromatic N) is 1. The molecule has 2 aliphatic rings. The van der Waals surface area contributed by atoms with E-state index in [1.807, 2.05) is 0 Å². The van der Waals surface area contributed by atoms with Gasteiger partial charge in [0.15, 0.2) is 5.11 Å². The molecule has 1 saturated heterocycles. The van der Waals surface area contributed by atoms with Gasteiger partial charge in [-0.15, -0.1) is 11.3 Å². The van der Waals surface area contributed by atoms with Gasteiger partial charge in [0.25, 0.3) is 0 Å². The van der Waals surface area contributed by atoms with Crippen LogP contribution in [0, 0.1) is 5.92 Å². The van der Waals surface area contributed by atoms with Gasteiger partial charge in [-0.25, -0.2) is 13.2 Å². The molecule has 33 heavy (non-hydrogen) atoms. The summed E-state index contributed by atoms with van der Waals surface area (Å²) in [7, 11) is -2.17. The molecule has 0 saturated carbocycles. The highest BCUT2D eigenvalue weighted by atomic mass is 32.2. The van der Waals surface area contributed by atoms with Crippen molar-refractivity contribution in [3.05, 3.63) is 40.3 Å². The molecule has 1 aliphatic carbocycles. The zero-order valence-corrected chi connectivity index (χ0v) is 21.0. The molecule has 8 nitrogen and oxygen atoms in total. The minimum atomic E-state index is -3.55. The zero-order chi connectivity index (χ0) is 23.6. The average Bonchev–Trinajstić information content (AvgIpc) is 3.16. The van der Waals surface area contributed by atoms with E-state index in [-0.39, 0.29) is 10.9 Å². The summed E-state index contributed by atoms with van der Waals surface area (Å²) in [4.78, 5) is 13.9. The number of fused-ring (bicyclic) bond motifs is 1. The fourth-order valence-electron chi connectivity index (χ4n) is 4.07. The van der Waals surface area contributed by atoms with Crippen molar-refractivity contribution in [2.45, 2.75) is 31.1 Å². The van der Waals surface area contributed by atoms with Crippen LogP contribution in [0.5, 0.6) is 0 Å². The second-order valence-electron chi connectivity index (χ2n) is 8.17. The van der Waals surface area contributed by atoms with E-state index < -0.39 is 10.0 Å². The van der Waals surface area contributed by atoms with Crippen LogP contribution in [0.2, 0.25) is 0 Å². The molecule has 0 spiro atoms. The Morgan fingerprint density at radius 3 is 2.58 bits per heavy atom. The number of hydrogen-bond donors (Lipinski definition) is 2. The van der Waals surface area contributed by atoms with Crippen molar-refractivity contribution in [3.8, 4) is 0 Å². The van der Waals surface area contributed by atoms with Gasteiger partial charge in [0, 0.05) is 23.7 Å². The topological polar surface area (TPSA) is 97.0 Å². The number of sulfonamides is 1. The summed E-state index contributed by atoms with van der Waals surface area (Å²) >= 11 is 7.00. The number of thiophene rings is 1. The largest absolute Gasteiger partial charge is 0.465 e. The molecule has 2 heterocycles. The van der Waals surface area contributed by atoms with Gasteiger partial charge in [-0.05, 0) is 67.2 Å². The number of esters is 1. The number of carbonyl (C=O) groups is 1. The monoisotopic (exact) mass is 509 g/mol. The molecule has 1 aromatic carbocycles. The molecule has 1 atom stereocenters. The maximum absolute atomic E-state index is 12.8. The highest BCUT2D eigenvalue weighted by Gasteiger charge is 2.29. The van der Waals surface area contributed by atoms with Gasteiger partial charge in [-0.2, -0.15) is 4.31 Å². The molecule has 1 aromatic heterocycles. The number of ether oxygens (including phenoxy) is 2. The molecule has 0 amide bonds. The number of benzene rings is 1. The van der Waals surface area contributed by atoms with E-state index in [0.29, 0.717) is 53.6 Å². The number of methoxy groups -OCH3 is 1. The minimum absolute atomic E-state index is 0.224. The van der Waals surface area contributed by atoms with Gasteiger partial charge in [-0.1, -0.05) is 6.92 Å². The number of carbonyl (C=O) groups excluding carboxylic acids is 1. The van der Waals surface area contributed by atoms with Crippen LogP contribution in [-0.4, -0.2) is 57.2 Å². The van der Waals surface area contributed by atoms with Gasteiger partial charge in [0.2, 0.25) is 10.0 Å². The van der Waals surface area contributed by atoms with Crippen LogP contribution in [0.3, 0.4) is 0 Å². The highest BCUT2D eigenvalue weighted by Crippen LogP contribution is 2.40. The summed E-state index contributed by atoms with van der Waals surface area (Å²) in [5.41, 5.74) is 2.25. The van der Waals surface area contributed by atoms with E-state index in [1.54, 1.807) is 24.3 Å². The number of anilines is 2. The predicted molar refractivity (Wildman–Crippen MR) is 133 cm³/mol. The van der Waals surface area contributed by atoms with Crippen molar-refractivity contribution in [1.82, 2.24) is 4.31 Å². The third-order valence-corrected chi connectivity index (χ3v) is 9.14. The van der Waals surface area contributed by atoms with Crippen molar-refractivity contribution < 1.29 is 22.7 Å². The lowest BCUT2D eigenvalue weighted by Crippen LogP contribution is -2.40. The summed E-state index contributed by atoms with van der Waals surface area (Å²) in [6, 6.07) is 6.45. The maximum Gasteiger partial charge on any atom is 0.341 e. The van der Waals surface area contributed by atoms with Crippen LogP contribution >= 0.6 is 23.6 Å². The van der Waals surface area contributed by atoms with Gasteiger partial charge >= 0.3 is 5.97 Å². The van der Waals surface area contributed by atoms with Crippen LogP contribution in [0.15, 0.2) is 29.2 Å². The van der Waals surface area contributed by atoms with Crippen molar-refractivity contribution in [2.24, 2.45) is 5.92 Å². The van der Waals surface area contributed by atoms with Crippen LogP contribution in [0.4, 0.5) is 10.7 Å². The lowest BCUT2D eigenvalue weighted by molar-refractivity contribution is 0.0600. The van der Waals surface area contributed by atoms with Crippen LogP contribution < -0.4 is 10.6 Å². The van der Waals surface area contributed by atoms with Gasteiger partial charge < -0.3 is 20.1 Å². The Hall–Kier alpha value is -2.05. The quantitative estimate of drug-likeness (QED) is 0.467. The maximum atomic E-state index is 12.8. The molecule has 1 unspecified atom stereocenters. The molecular formula is C22H27N3O5S3. The van der Waals surface area contributed by atoms with E-state index in [4.69, 9.17) is 21.7 Å². The zero-order valence-electron chi connectivity index (χ0n) is 18.5. The first-order valence-corrected chi connectivity index (χ1v) is 13.4. The van der Waals surface area contributed by atoms with Gasteiger partial charge in [0.05, 0.1) is 30.8 Å². The Balaban J connectivity index is 1.47. The van der Waals surface area contributed by atoms with Crippen molar-refractivity contribution in [3.63, 3.8) is 0 Å². The second-order valence-corrected chi connectivity index (χ2v) is 11.6. The smallest absolute Gasteiger partial charge is 0.341 e. The molecule has 11 heteroatoms. The number of nitrogens with one attached hydrogen (secondary N) is 2. The lowest BCUT2D eigenvalue weighted by Gasteiger charge is -2.26. The summed E-state index contributed by atoms with van der Waals surface area (Å²) in [5, 5.41) is 7.20. The molecule has 2 aromatic rings. The lowest BCUT2D eigenvalue weighted by atomic mass is 9.88. The minimum Gasteiger partial charge on any atom is -0.465 e. The molecular weight excluding hydrogens is 482 g/mol. The van der Waals surface area contributed by atoms with E-state index in [9.17, 15) is 13.2 Å². The molecule has 1 fully saturated rings.